The fourth-order valence-electron chi connectivity index (χ4n) is 2.38. The number of benzene rings is 1. The lowest BCUT2D eigenvalue weighted by Gasteiger charge is -2.14. The lowest BCUT2D eigenvalue weighted by Crippen LogP contribution is -2.39. The zero-order valence-electron chi connectivity index (χ0n) is 12.0. The molecule has 2 aliphatic rings. The lowest BCUT2D eigenvalue weighted by atomic mass is 10.2. The number of amides is 5. The number of rotatable bonds is 4. The van der Waals surface area contributed by atoms with E-state index in [-0.39, 0.29) is 6.04 Å². The molecular weight excluding hydrogens is 286 g/mol. The van der Waals surface area contributed by atoms with E-state index >= 15 is 0 Å². The summed E-state index contributed by atoms with van der Waals surface area (Å²) in [6.07, 6.45) is 1.43. The molecule has 7 nitrogen and oxygen atoms in total. The van der Waals surface area contributed by atoms with Crippen LogP contribution in [0.3, 0.4) is 0 Å². The molecule has 22 heavy (non-hydrogen) atoms. The third kappa shape index (κ3) is 2.57. The van der Waals surface area contributed by atoms with Crippen molar-refractivity contribution in [2.45, 2.75) is 25.8 Å². The first-order valence-corrected chi connectivity index (χ1v) is 7.03. The predicted molar refractivity (Wildman–Crippen MR) is 76.8 cm³/mol. The van der Waals surface area contributed by atoms with Crippen LogP contribution in [0.15, 0.2) is 24.3 Å². The van der Waals surface area contributed by atoms with Gasteiger partial charge < -0.3 is 5.32 Å². The zero-order valence-corrected chi connectivity index (χ0v) is 12.0. The van der Waals surface area contributed by atoms with Gasteiger partial charge in [0.2, 0.25) is 5.91 Å². The minimum absolute atomic E-state index is 0.186. The molecule has 5 amide bonds. The van der Waals surface area contributed by atoms with Gasteiger partial charge in [-0.25, -0.2) is 9.69 Å². The topological polar surface area (TPSA) is 86.8 Å². The number of nitrogens with one attached hydrogen (secondary N) is 1. The Morgan fingerprint density at radius 1 is 1.23 bits per heavy atom. The Kier molecular flexibility index (Phi) is 3.40. The molecular formula is C15H15N3O4. The van der Waals surface area contributed by atoms with Crippen molar-refractivity contribution in [1.82, 2.24) is 9.80 Å². The Balaban J connectivity index is 1.67. The van der Waals surface area contributed by atoms with Crippen molar-refractivity contribution < 1.29 is 19.2 Å². The highest BCUT2D eigenvalue weighted by Crippen LogP contribution is 2.30. The molecule has 2 fully saturated rings. The highest BCUT2D eigenvalue weighted by atomic mass is 16.2. The average Bonchev–Trinajstić information content (AvgIpc) is 3.25. The Bertz CT molecular complexity index is 681. The lowest BCUT2D eigenvalue weighted by molar-refractivity contribution is -0.143. The van der Waals surface area contributed by atoms with Crippen LogP contribution in [0.25, 0.3) is 0 Å². The number of hydrogen-bond donors (Lipinski definition) is 1. The van der Waals surface area contributed by atoms with Crippen LogP contribution in [-0.2, 0) is 14.4 Å². The Morgan fingerprint density at radius 3 is 2.59 bits per heavy atom. The summed E-state index contributed by atoms with van der Waals surface area (Å²) >= 11 is 0. The molecule has 0 atom stereocenters. The molecule has 1 N–H and O–H groups in total. The summed E-state index contributed by atoms with van der Waals surface area (Å²) < 4.78 is 0. The number of hydrogen-bond acceptors (Lipinski definition) is 4. The van der Waals surface area contributed by atoms with Crippen molar-refractivity contribution in [1.29, 1.82) is 0 Å². The van der Waals surface area contributed by atoms with Crippen LogP contribution < -0.4 is 5.32 Å². The zero-order chi connectivity index (χ0) is 15.9. The minimum atomic E-state index is -0.934. The molecule has 1 aromatic rings. The molecule has 0 spiro atoms. The largest absolute Gasteiger partial charge is 0.334 e. The highest BCUT2D eigenvalue weighted by molar-refractivity contribution is 6.45. The molecule has 1 aliphatic carbocycles. The molecule has 1 aromatic carbocycles. The number of anilines is 1. The van der Waals surface area contributed by atoms with E-state index in [9.17, 15) is 19.2 Å². The Hall–Kier alpha value is -2.70. The van der Waals surface area contributed by atoms with Gasteiger partial charge in [-0.15, -0.1) is 0 Å². The number of carbonyl (C=O) groups is 4. The van der Waals surface area contributed by atoms with E-state index in [0.29, 0.717) is 23.4 Å². The van der Waals surface area contributed by atoms with E-state index in [0.717, 1.165) is 10.5 Å². The van der Waals surface area contributed by atoms with Gasteiger partial charge in [-0.3, -0.25) is 19.3 Å². The summed E-state index contributed by atoms with van der Waals surface area (Å²) in [6, 6.07) is 6.27. The van der Waals surface area contributed by atoms with E-state index in [1.165, 1.54) is 0 Å². The monoisotopic (exact) mass is 301 g/mol. The summed E-state index contributed by atoms with van der Waals surface area (Å²) in [5.41, 5.74) is 1.55. The summed E-state index contributed by atoms with van der Waals surface area (Å²) in [5, 5.41) is 2.61. The standard InChI is InChI=1S/C15H15N3O4/c1-9-3-2-4-10(7-9)16-12(19)8-17-13(20)14(21)18(15(17)22)11-5-6-11/h2-4,7,11H,5-6,8H2,1H3,(H,16,19). The number of carbonyl (C=O) groups excluding carboxylic acids is 4. The van der Waals surface area contributed by atoms with E-state index < -0.39 is 30.3 Å². The third-order valence-corrected chi connectivity index (χ3v) is 3.60. The molecule has 1 saturated carbocycles. The van der Waals surface area contributed by atoms with Crippen molar-refractivity contribution in [3.63, 3.8) is 0 Å². The predicted octanol–water partition coefficient (Wildman–Crippen LogP) is 0.887. The summed E-state index contributed by atoms with van der Waals surface area (Å²) in [7, 11) is 0. The smallest absolute Gasteiger partial charge is 0.325 e. The normalized spacial score (nSPS) is 18.1. The number of aryl methyl sites for hydroxylation is 1. The van der Waals surface area contributed by atoms with Gasteiger partial charge in [0.25, 0.3) is 0 Å². The van der Waals surface area contributed by atoms with Crippen molar-refractivity contribution in [3.05, 3.63) is 29.8 Å². The average molecular weight is 301 g/mol. The third-order valence-electron chi connectivity index (χ3n) is 3.60. The van der Waals surface area contributed by atoms with Crippen LogP contribution in [-0.4, -0.2) is 46.1 Å². The molecule has 1 saturated heterocycles. The summed E-state index contributed by atoms with van der Waals surface area (Å²) in [6.45, 7) is 1.43. The van der Waals surface area contributed by atoms with Crippen molar-refractivity contribution >= 4 is 29.4 Å². The van der Waals surface area contributed by atoms with Gasteiger partial charge in [0, 0.05) is 11.7 Å². The van der Waals surface area contributed by atoms with Crippen molar-refractivity contribution in [2.24, 2.45) is 0 Å². The Labute approximate surface area is 126 Å². The van der Waals surface area contributed by atoms with Gasteiger partial charge in [-0.05, 0) is 37.5 Å². The molecule has 1 heterocycles. The molecule has 0 unspecified atom stereocenters. The first kappa shape index (κ1) is 14.2. The van der Waals surface area contributed by atoms with Gasteiger partial charge in [-0.2, -0.15) is 0 Å². The van der Waals surface area contributed by atoms with Crippen LogP contribution in [0.1, 0.15) is 18.4 Å². The van der Waals surface area contributed by atoms with E-state index in [4.69, 9.17) is 0 Å². The van der Waals surface area contributed by atoms with Gasteiger partial charge >= 0.3 is 17.8 Å². The second-order valence-electron chi connectivity index (χ2n) is 5.50. The molecule has 3 rings (SSSR count). The highest BCUT2D eigenvalue weighted by Gasteiger charge is 2.51. The summed E-state index contributed by atoms with van der Waals surface area (Å²) in [4.78, 5) is 49.3. The van der Waals surface area contributed by atoms with Crippen LogP contribution in [0.2, 0.25) is 0 Å². The van der Waals surface area contributed by atoms with E-state index in [1.807, 2.05) is 13.0 Å². The Morgan fingerprint density at radius 2 is 1.95 bits per heavy atom. The van der Waals surface area contributed by atoms with Crippen molar-refractivity contribution in [3.8, 4) is 0 Å². The molecule has 114 valence electrons. The van der Waals surface area contributed by atoms with Crippen LogP contribution in [0, 0.1) is 6.92 Å². The maximum atomic E-state index is 12.1. The van der Waals surface area contributed by atoms with Gasteiger partial charge in [-0.1, -0.05) is 12.1 Å². The number of nitrogens with zero attached hydrogens (tertiary/aromatic N) is 2. The molecule has 0 radical (unpaired) electrons. The maximum absolute atomic E-state index is 12.1. The SMILES string of the molecule is Cc1cccc(NC(=O)CN2C(=O)C(=O)N(C3CC3)C2=O)c1. The van der Waals surface area contributed by atoms with Gasteiger partial charge in [0.1, 0.15) is 6.54 Å². The van der Waals surface area contributed by atoms with Crippen LogP contribution >= 0.6 is 0 Å². The van der Waals surface area contributed by atoms with E-state index in [2.05, 4.69) is 5.32 Å². The number of imide groups is 2. The fourth-order valence-corrected chi connectivity index (χ4v) is 2.38. The van der Waals surface area contributed by atoms with Crippen LogP contribution in [0.5, 0.6) is 0 Å². The minimum Gasteiger partial charge on any atom is -0.325 e. The molecule has 0 bridgehead atoms. The van der Waals surface area contributed by atoms with Gasteiger partial charge in [0.15, 0.2) is 0 Å². The van der Waals surface area contributed by atoms with Crippen LogP contribution in [0.4, 0.5) is 10.5 Å². The second-order valence-corrected chi connectivity index (χ2v) is 5.50. The second kappa shape index (κ2) is 5.25. The number of urea groups is 1. The maximum Gasteiger partial charge on any atom is 0.334 e. The first-order valence-electron chi connectivity index (χ1n) is 7.03. The quantitative estimate of drug-likeness (QED) is 0.661. The molecule has 1 aliphatic heterocycles. The van der Waals surface area contributed by atoms with E-state index in [1.54, 1.807) is 18.2 Å². The first-order chi connectivity index (χ1) is 10.5. The molecule has 7 heteroatoms. The fraction of sp³-hybridized carbons (Fsp3) is 0.333. The van der Waals surface area contributed by atoms with Gasteiger partial charge in [0.05, 0.1) is 0 Å². The molecule has 0 aromatic heterocycles. The van der Waals surface area contributed by atoms with Crippen molar-refractivity contribution in [2.75, 3.05) is 11.9 Å². The summed E-state index contributed by atoms with van der Waals surface area (Å²) in [5.74, 6) is -2.29.